The molecule has 1 aromatic heterocycles. The number of aliphatic hydroxyl groups excluding tert-OH is 1. The molecular formula is C17H20N4O3. The second-order valence-electron chi connectivity index (χ2n) is 5.10. The second kappa shape index (κ2) is 7.53. The number of hydrogen-bond acceptors (Lipinski definition) is 6. The van der Waals surface area contributed by atoms with Gasteiger partial charge in [0.1, 0.15) is 6.07 Å². The number of likely N-dealkylation sites (N-methyl/N-ethyl adjacent to an activating group) is 1. The highest BCUT2D eigenvalue weighted by Gasteiger charge is 2.21. The molecule has 0 fully saturated rings. The lowest BCUT2D eigenvalue weighted by Crippen LogP contribution is -2.26. The second-order valence-corrected chi connectivity index (χ2v) is 5.10. The van der Waals surface area contributed by atoms with Crippen molar-refractivity contribution < 1.29 is 14.6 Å². The molecule has 0 saturated heterocycles. The van der Waals surface area contributed by atoms with Gasteiger partial charge < -0.3 is 25.0 Å². The summed E-state index contributed by atoms with van der Waals surface area (Å²) in [4.78, 5) is 14.0. The van der Waals surface area contributed by atoms with E-state index in [4.69, 9.17) is 20.8 Å². The molecule has 0 amide bonds. The zero-order chi connectivity index (χ0) is 17.7. The maximum absolute atomic E-state index is 12.0. The smallest absolute Gasteiger partial charge is 0.357 e. The van der Waals surface area contributed by atoms with Crippen LogP contribution in [0.4, 0.5) is 11.4 Å². The summed E-state index contributed by atoms with van der Waals surface area (Å²) in [5, 5.41) is 18.2. The molecule has 0 aliphatic heterocycles. The number of aliphatic hydroxyl groups is 1. The molecule has 2 aromatic rings. The Balaban J connectivity index is 2.46. The van der Waals surface area contributed by atoms with E-state index in [2.05, 4.69) is 0 Å². The van der Waals surface area contributed by atoms with Gasteiger partial charge in [-0.15, -0.1) is 0 Å². The first kappa shape index (κ1) is 17.4. The summed E-state index contributed by atoms with van der Waals surface area (Å²) in [5.74, 6) is -0.603. The molecule has 0 radical (unpaired) electrons. The minimum atomic E-state index is -0.603. The zero-order valence-electron chi connectivity index (χ0n) is 13.7. The molecular weight excluding hydrogens is 308 g/mol. The van der Waals surface area contributed by atoms with Crippen LogP contribution < -0.4 is 10.6 Å². The van der Waals surface area contributed by atoms with Gasteiger partial charge in [0.15, 0.2) is 5.69 Å². The van der Waals surface area contributed by atoms with Crippen molar-refractivity contribution in [1.29, 1.82) is 5.26 Å². The predicted octanol–water partition coefficient (Wildman–Crippen LogP) is 1.54. The van der Waals surface area contributed by atoms with E-state index in [1.54, 1.807) is 4.57 Å². The third-order valence-electron chi connectivity index (χ3n) is 3.79. The maximum Gasteiger partial charge on any atom is 0.357 e. The van der Waals surface area contributed by atoms with Crippen LogP contribution in [0.25, 0.3) is 5.69 Å². The third kappa shape index (κ3) is 3.19. The van der Waals surface area contributed by atoms with Crippen LogP contribution in [0.5, 0.6) is 0 Å². The van der Waals surface area contributed by atoms with Crippen molar-refractivity contribution in [1.82, 2.24) is 4.57 Å². The minimum absolute atomic E-state index is 0.0712. The first-order valence-corrected chi connectivity index (χ1v) is 7.52. The third-order valence-corrected chi connectivity index (χ3v) is 3.79. The number of anilines is 2. The van der Waals surface area contributed by atoms with E-state index in [0.29, 0.717) is 12.2 Å². The first-order chi connectivity index (χ1) is 11.6. The summed E-state index contributed by atoms with van der Waals surface area (Å²) >= 11 is 0. The quantitative estimate of drug-likeness (QED) is 0.779. The normalized spacial score (nSPS) is 10.2. The topological polar surface area (TPSA) is 105 Å². The van der Waals surface area contributed by atoms with Gasteiger partial charge in [0.05, 0.1) is 25.0 Å². The number of aromatic nitrogens is 1. The SMILES string of the molecule is CCN(CCO)c1ccc(-n2cc(C#N)c(N)c2C(=O)OC)cc1. The highest BCUT2D eigenvalue weighted by atomic mass is 16.5. The van der Waals surface area contributed by atoms with Gasteiger partial charge in [0.25, 0.3) is 0 Å². The molecule has 0 bridgehead atoms. The molecule has 0 atom stereocenters. The fourth-order valence-corrected chi connectivity index (χ4v) is 2.53. The number of methoxy groups -OCH3 is 1. The van der Waals surface area contributed by atoms with Crippen LogP contribution in [0.1, 0.15) is 23.0 Å². The lowest BCUT2D eigenvalue weighted by molar-refractivity contribution is 0.0593. The van der Waals surface area contributed by atoms with Crippen LogP contribution in [0, 0.1) is 11.3 Å². The summed E-state index contributed by atoms with van der Waals surface area (Å²) in [6.07, 6.45) is 1.52. The number of carbonyl (C=O) groups is 1. The molecule has 1 aromatic carbocycles. The Kier molecular flexibility index (Phi) is 5.45. The zero-order valence-corrected chi connectivity index (χ0v) is 13.7. The molecule has 0 unspecified atom stereocenters. The largest absolute Gasteiger partial charge is 0.464 e. The molecule has 24 heavy (non-hydrogen) atoms. The number of nitrogen functional groups attached to an aromatic ring is 1. The Labute approximate surface area is 140 Å². The summed E-state index contributed by atoms with van der Waals surface area (Å²) in [7, 11) is 1.27. The standard InChI is InChI=1S/C17H20N4O3/c1-3-20(8-9-22)13-4-6-14(7-5-13)21-11-12(10-18)15(19)16(21)17(23)24-2/h4-7,11,22H,3,8-9,19H2,1-2H3. The van der Waals surface area contributed by atoms with Crippen LogP contribution in [0.2, 0.25) is 0 Å². The lowest BCUT2D eigenvalue weighted by atomic mass is 10.2. The van der Waals surface area contributed by atoms with Crippen LogP contribution in [0.3, 0.4) is 0 Å². The number of carbonyl (C=O) groups excluding carboxylic acids is 1. The average molecular weight is 328 g/mol. The fourth-order valence-electron chi connectivity index (χ4n) is 2.53. The monoisotopic (exact) mass is 328 g/mol. The fraction of sp³-hybridized carbons (Fsp3) is 0.294. The van der Waals surface area contributed by atoms with Gasteiger partial charge in [-0.25, -0.2) is 4.79 Å². The Morgan fingerprint density at radius 2 is 2.08 bits per heavy atom. The van der Waals surface area contributed by atoms with E-state index in [-0.39, 0.29) is 23.6 Å². The number of ether oxygens (including phenoxy) is 1. The Bertz CT molecular complexity index is 759. The van der Waals surface area contributed by atoms with Gasteiger partial charge in [-0.3, -0.25) is 0 Å². The Morgan fingerprint density at radius 3 is 2.58 bits per heavy atom. The van der Waals surface area contributed by atoms with E-state index in [1.807, 2.05) is 42.2 Å². The van der Waals surface area contributed by atoms with Gasteiger partial charge in [0.2, 0.25) is 0 Å². The summed E-state index contributed by atoms with van der Waals surface area (Å²) < 4.78 is 6.31. The maximum atomic E-state index is 12.0. The summed E-state index contributed by atoms with van der Waals surface area (Å²) in [6, 6.07) is 9.39. The number of nitrogens with two attached hydrogens (primary N) is 1. The van der Waals surface area contributed by atoms with E-state index in [1.165, 1.54) is 13.3 Å². The van der Waals surface area contributed by atoms with Crippen molar-refractivity contribution in [3.05, 3.63) is 41.7 Å². The van der Waals surface area contributed by atoms with Crippen molar-refractivity contribution in [2.75, 3.05) is 37.4 Å². The minimum Gasteiger partial charge on any atom is -0.464 e. The molecule has 3 N–H and O–H groups in total. The lowest BCUT2D eigenvalue weighted by Gasteiger charge is -2.22. The van der Waals surface area contributed by atoms with Crippen LogP contribution in [-0.2, 0) is 4.74 Å². The van der Waals surface area contributed by atoms with Crippen molar-refractivity contribution in [2.24, 2.45) is 0 Å². The van der Waals surface area contributed by atoms with Gasteiger partial charge in [0, 0.05) is 30.7 Å². The van der Waals surface area contributed by atoms with E-state index in [9.17, 15) is 4.79 Å². The first-order valence-electron chi connectivity index (χ1n) is 7.52. The van der Waals surface area contributed by atoms with E-state index < -0.39 is 5.97 Å². The van der Waals surface area contributed by atoms with Crippen LogP contribution in [-0.4, -0.2) is 42.4 Å². The summed E-state index contributed by atoms with van der Waals surface area (Å²) in [6.45, 7) is 3.38. The van der Waals surface area contributed by atoms with Crippen molar-refractivity contribution in [3.8, 4) is 11.8 Å². The molecule has 2 rings (SSSR count). The summed E-state index contributed by atoms with van der Waals surface area (Å²) in [5.41, 5.74) is 7.98. The molecule has 126 valence electrons. The molecule has 7 nitrogen and oxygen atoms in total. The molecule has 7 heteroatoms. The highest BCUT2D eigenvalue weighted by molar-refractivity contribution is 5.95. The molecule has 1 heterocycles. The van der Waals surface area contributed by atoms with Crippen molar-refractivity contribution in [2.45, 2.75) is 6.92 Å². The van der Waals surface area contributed by atoms with E-state index in [0.717, 1.165) is 12.2 Å². The number of nitrogens with zero attached hydrogens (tertiary/aromatic N) is 3. The van der Waals surface area contributed by atoms with Gasteiger partial charge in [-0.05, 0) is 31.2 Å². The van der Waals surface area contributed by atoms with Crippen molar-refractivity contribution >= 4 is 17.3 Å². The number of nitriles is 1. The van der Waals surface area contributed by atoms with Crippen LogP contribution in [0.15, 0.2) is 30.5 Å². The van der Waals surface area contributed by atoms with Gasteiger partial charge in [-0.2, -0.15) is 5.26 Å². The predicted molar refractivity (Wildman–Crippen MR) is 91.2 cm³/mol. The molecule has 0 aliphatic rings. The number of rotatable bonds is 6. The Hall–Kier alpha value is -2.98. The Morgan fingerprint density at radius 1 is 1.42 bits per heavy atom. The molecule has 0 spiro atoms. The van der Waals surface area contributed by atoms with Crippen LogP contribution >= 0.6 is 0 Å². The molecule has 0 aliphatic carbocycles. The number of hydrogen-bond donors (Lipinski definition) is 2. The highest BCUT2D eigenvalue weighted by Crippen LogP contribution is 2.26. The van der Waals surface area contributed by atoms with E-state index >= 15 is 0 Å². The van der Waals surface area contributed by atoms with Gasteiger partial charge in [-0.1, -0.05) is 0 Å². The number of benzene rings is 1. The van der Waals surface area contributed by atoms with Crippen molar-refractivity contribution in [3.63, 3.8) is 0 Å². The number of esters is 1. The average Bonchev–Trinajstić information content (AvgIpc) is 2.95. The van der Waals surface area contributed by atoms with Gasteiger partial charge >= 0.3 is 5.97 Å². The molecule has 0 saturated carbocycles.